The molecule has 1 N–H and O–H groups in total. The molecule has 0 bridgehead atoms. The van der Waals surface area contributed by atoms with Crippen molar-refractivity contribution in [1.29, 1.82) is 0 Å². The van der Waals surface area contributed by atoms with Gasteiger partial charge in [-0.15, -0.1) is 11.3 Å². The van der Waals surface area contributed by atoms with Crippen LogP contribution in [0.2, 0.25) is 0 Å². The molecule has 0 unspecified atom stereocenters. The van der Waals surface area contributed by atoms with Crippen molar-refractivity contribution in [2.45, 2.75) is 6.92 Å². The lowest BCUT2D eigenvalue weighted by molar-refractivity contribution is 0.0697. The Morgan fingerprint density at radius 2 is 2.33 bits per heavy atom. The average Bonchev–Trinajstić information content (AvgIpc) is 2.76. The molecule has 0 radical (unpaired) electrons. The van der Waals surface area contributed by atoms with Crippen LogP contribution < -0.4 is 0 Å². The summed E-state index contributed by atoms with van der Waals surface area (Å²) in [5.74, 6) is -0.890. The highest BCUT2D eigenvalue weighted by Crippen LogP contribution is 2.29. The number of rotatable bonds is 2. The van der Waals surface area contributed by atoms with Crippen molar-refractivity contribution in [2.24, 2.45) is 7.05 Å². The Bertz CT molecular complexity index is 513. The minimum atomic E-state index is -0.890. The van der Waals surface area contributed by atoms with E-state index in [0.29, 0.717) is 5.56 Å². The predicted molar refractivity (Wildman–Crippen MR) is 58.2 cm³/mol. The second-order valence-electron chi connectivity index (χ2n) is 3.27. The summed E-state index contributed by atoms with van der Waals surface area (Å²) in [5.41, 5.74) is 2.36. The SMILES string of the molecule is Cc1c(-c2cc(C(=O)O)cs2)cnn1C. The highest BCUT2D eigenvalue weighted by Gasteiger charge is 2.11. The zero-order valence-corrected chi connectivity index (χ0v) is 9.21. The Balaban J connectivity index is 2.46. The molecule has 0 amide bonds. The number of carbonyl (C=O) groups is 1. The van der Waals surface area contributed by atoms with Gasteiger partial charge >= 0.3 is 5.97 Å². The third kappa shape index (κ3) is 1.66. The quantitative estimate of drug-likeness (QED) is 0.847. The van der Waals surface area contributed by atoms with Gasteiger partial charge in [0.15, 0.2) is 0 Å². The van der Waals surface area contributed by atoms with Gasteiger partial charge in [-0.25, -0.2) is 4.79 Å². The third-order valence-electron chi connectivity index (χ3n) is 2.35. The van der Waals surface area contributed by atoms with E-state index in [1.54, 1.807) is 22.3 Å². The van der Waals surface area contributed by atoms with Crippen LogP contribution in [0.15, 0.2) is 17.6 Å². The van der Waals surface area contributed by atoms with E-state index < -0.39 is 5.97 Å². The molecule has 2 heterocycles. The average molecular weight is 222 g/mol. The Morgan fingerprint density at radius 3 is 2.80 bits per heavy atom. The Kier molecular flexibility index (Phi) is 2.32. The van der Waals surface area contributed by atoms with Gasteiger partial charge in [0.05, 0.1) is 11.8 Å². The Morgan fingerprint density at radius 1 is 1.60 bits per heavy atom. The van der Waals surface area contributed by atoms with Gasteiger partial charge in [-0.05, 0) is 13.0 Å². The molecule has 0 aliphatic heterocycles. The van der Waals surface area contributed by atoms with Crippen molar-refractivity contribution in [3.63, 3.8) is 0 Å². The van der Waals surface area contributed by atoms with Crippen molar-refractivity contribution < 1.29 is 9.90 Å². The van der Waals surface area contributed by atoms with Crippen molar-refractivity contribution in [3.8, 4) is 10.4 Å². The molecule has 0 atom stereocenters. The summed E-state index contributed by atoms with van der Waals surface area (Å²) in [6.45, 7) is 1.96. The van der Waals surface area contributed by atoms with Crippen LogP contribution in [0.25, 0.3) is 10.4 Å². The third-order valence-corrected chi connectivity index (χ3v) is 3.31. The number of carboxylic acid groups (broad SMARTS) is 1. The first kappa shape index (κ1) is 9.92. The van der Waals surface area contributed by atoms with Gasteiger partial charge in [0.25, 0.3) is 0 Å². The number of nitrogens with zero attached hydrogens (tertiary/aromatic N) is 2. The van der Waals surface area contributed by atoms with Crippen LogP contribution in [0.3, 0.4) is 0 Å². The highest BCUT2D eigenvalue weighted by atomic mass is 32.1. The van der Waals surface area contributed by atoms with E-state index >= 15 is 0 Å². The summed E-state index contributed by atoms with van der Waals surface area (Å²) in [6, 6.07) is 1.68. The van der Waals surface area contributed by atoms with Crippen LogP contribution in [0.4, 0.5) is 0 Å². The normalized spacial score (nSPS) is 10.5. The first-order valence-electron chi connectivity index (χ1n) is 4.40. The smallest absolute Gasteiger partial charge is 0.336 e. The van der Waals surface area contributed by atoms with Gasteiger partial charge < -0.3 is 5.11 Å². The summed E-state index contributed by atoms with van der Waals surface area (Å²) < 4.78 is 1.77. The molecule has 0 aliphatic carbocycles. The molecule has 0 spiro atoms. The molecule has 0 aromatic carbocycles. The summed E-state index contributed by atoms with van der Waals surface area (Å²) in [7, 11) is 1.87. The second kappa shape index (κ2) is 3.51. The molecule has 2 aromatic heterocycles. The van der Waals surface area contributed by atoms with E-state index in [-0.39, 0.29) is 0 Å². The topological polar surface area (TPSA) is 55.1 Å². The van der Waals surface area contributed by atoms with Crippen molar-refractivity contribution in [3.05, 3.63) is 28.9 Å². The Labute approximate surface area is 90.8 Å². The monoisotopic (exact) mass is 222 g/mol. The van der Waals surface area contributed by atoms with Gasteiger partial charge in [-0.1, -0.05) is 0 Å². The fourth-order valence-corrected chi connectivity index (χ4v) is 2.28. The van der Waals surface area contributed by atoms with E-state index in [9.17, 15) is 4.79 Å². The summed E-state index contributed by atoms with van der Waals surface area (Å²) >= 11 is 1.42. The fourth-order valence-electron chi connectivity index (χ4n) is 1.33. The van der Waals surface area contributed by atoms with Crippen molar-refractivity contribution in [2.75, 3.05) is 0 Å². The molecular weight excluding hydrogens is 212 g/mol. The van der Waals surface area contributed by atoms with Crippen molar-refractivity contribution in [1.82, 2.24) is 9.78 Å². The van der Waals surface area contributed by atoms with E-state index in [1.807, 2.05) is 14.0 Å². The van der Waals surface area contributed by atoms with Crippen LogP contribution in [-0.4, -0.2) is 20.9 Å². The molecule has 5 heteroatoms. The summed E-state index contributed by atoms with van der Waals surface area (Å²) in [4.78, 5) is 11.7. The maximum atomic E-state index is 10.7. The van der Waals surface area contributed by atoms with Gasteiger partial charge in [0.2, 0.25) is 0 Å². The van der Waals surface area contributed by atoms with E-state index in [0.717, 1.165) is 16.1 Å². The maximum Gasteiger partial charge on any atom is 0.336 e. The standard InChI is InChI=1S/C10H10N2O2S/c1-6-8(4-11-12(6)2)9-3-7(5-15-9)10(13)14/h3-5H,1-2H3,(H,13,14). The van der Waals surface area contributed by atoms with Gasteiger partial charge in [0, 0.05) is 28.6 Å². The predicted octanol–water partition coefficient (Wildman–Crippen LogP) is 2.16. The van der Waals surface area contributed by atoms with Crippen LogP contribution in [0.5, 0.6) is 0 Å². The number of thiophene rings is 1. The first-order chi connectivity index (χ1) is 7.09. The number of aromatic nitrogens is 2. The van der Waals surface area contributed by atoms with Crippen LogP contribution >= 0.6 is 11.3 Å². The number of carboxylic acids is 1. The van der Waals surface area contributed by atoms with Gasteiger partial charge in [0.1, 0.15) is 0 Å². The molecule has 2 rings (SSSR count). The maximum absolute atomic E-state index is 10.7. The van der Waals surface area contributed by atoms with Crippen molar-refractivity contribution >= 4 is 17.3 Å². The lowest BCUT2D eigenvalue weighted by Gasteiger charge is -1.95. The molecule has 0 fully saturated rings. The first-order valence-corrected chi connectivity index (χ1v) is 5.28. The van der Waals surface area contributed by atoms with Crippen LogP contribution in [-0.2, 0) is 7.05 Å². The summed E-state index contributed by atoms with van der Waals surface area (Å²) in [6.07, 6.45) is 1.76. The zero-order chi connectivity index (χ0) is 11.0. The molecule has 4 nitrogen and oxygen atoms in total. The zero-order valence-electron chi connectivity index (χ0n) is 8.39. The van der Waals surface area contributed by atoms with E-state index in [1.165, 1.54) is 11.3 Å². The molecule has 2 aromatic rings. The number of hydrogen-bond acceptors (Lipinski definition) is 3. The minimum absolute atomic E-state index is 0.332. The van der Waals surface area contributed by atoms with E-state index in [4.69, 9.17) is 5.11 Å². The number of aryl methyl sites for hydroxylation is 1. The van der Waals surface area contributed by atoms with Crippen LogP contribution in [0.1, 0.15) is 16.1 Å². The van der Waals surface area contributed by atoms with Gasteiger partial charge in [-0.3, -0.25) is 4.68 Å². The lowest BCUT2D eigenvalue weighted by atomic mass is 10.2. The molecule has 0 saturated heterocycles. The van der Waals surface area contributed by atoms with Gasteiger partial charge in [-0.2, -0.15) is 5.10 Å². The molecule has 78 valence electrons. The molecule has 0 aliphatic rings. The molecule has 15 heavy (non-hydrogen) atoms. The minimum Gasteiger partial charge on any atom is -0.478 e. The molecule has 0 saturated carbocycles. The van der Waals surface area contributed by atoms with Crippen LogP contribution in [0, 0.1) is 6.92 Å². The largest absolute Gasteiger partial charge is 0.478 e. The Hall–Kier alpha value is -1.62. The number of aromatic carboxylic acids is 1. The number of hydrogen-bond donors (Lipinski definition) is 1. The lowest BCUT2D eigenvalue weighted by Crippen LogP contribution is -1.92. The van der Waals surface area contributed by atoms with E-state index in [2.05, 4.69) is 5.10 Å². The molecular formula is C10H10N2O2S. The summed E-state index contributed by atoms with van der Waals surface area (Å²) in [5, 5.41) is 14.6. The highest BCUT2D eigenvalue weighted by molar-refractivity contribution is 7.13. The fraction of sp³-hybridized carbons (Fsp3) is 0.200. The second-order valence-corrected chi connectivity index (χ2v) is 4.18.